The first kappa shape index (κ1) is 6.69. The van der Waals surface area contributed by atoms with Crippen molar-refractivity contribution in [3.63, 3.8) is 0 Å². The smallest absolute Gasteiger partial charge is 0.191 e. The lowest BCUT2D eigenvalue weighted by Gasteiger charge is -1.81. The average Bonchev–Trinajstić information content (AvgIpc) is 2.13. The first-order valence-electron chi connectivity index (χ1n) is 3.03. The molecule has 1 aliphatic rings. The van der Waals surface area contributed by atoms with Gasteiger partial charge in [-0.3, -0.25) is 0 Å². The predicted octanol–water partition coefficient (Wildman–Crippen LogP) is 0.539. The molecule has 0 bridgehead atoms. The Labute approximate surface area is 59.6 Å². The quantitative estimate of drug-likeness (QED) is 0.445. The molecule has 0 saturated heterocycles. The van der Waals surface area contributed by atoms with Gasteiger partial charge in [0.25, 0.3) is 0 Å². The van der Waals surface area contributed by atoms with Crippen LogP contribution >= 0.6 is 0 Å². The van der Waals surface area contributed by atoms with Crippen LogP contribution in [0.4, 0.5) is 0 Å². The summed E-state index contributed by atoms with van der Waals surface area (Å²) in [5, 5.41) is 12.4. The van der Waals surface area contributed by atoms with Gasteiger partial charge in [-0.15, -0.1) is 0 Å². The van der Waals surface area contributed by atoms with Crippen molar-refractivity contribution in [3.05, 3.63) is 12.2 Å². The van der Waals surface area contributed by atoms with Crippen LogP contribution in [0.3, 0.4) is 0 Å². The molecule has 0 aliphatic carbocycles. The van der Waals surface area contributed by atoms with E-state index in [1.807, 2.05) is 24.4 Å². The van der Waals surface area contributed by atoms with Crippen LogP contribution in [0.15, 0.2) is 17.3 Å². The lowest BCUT2D eigenvalue weighted by atomic mass is 10.3. The Morgan fingerprint density at radius 2 is 2.60 bits per heavy atom. The van der Waals surface area contributed by atoms with Crippen LogP contribution in [0.5, 0.6) is 0 Å². The molecule has 0 aromatic heterocycles. The average molecular weight is 134 g/mol. The topological polar surface area (TPSA) is 39.2 Å². The van der Waals surface area contributed by atoms with Gasteiger partial charge >= 0.3 is 0 Å². The third-order valence-corrected chi connectivity index (χ3v) is 1.16. The zero-order chi connectivity index (χ0) is 7.40. The van der Waals surface area contributed by atoms with Crippen LogP contribution in [0.1, 0.15) is 6.42 Å². The van der Waals surface area contributed by atoms with Crippen LogP contribution in [-0.4, -0.2) is 23.7 Å². The molecule has 50 valence electrons. The number of hydrogen-bond donors (Lipinski definition) is 0. The molecule has 1 heterocycles. The molecule has 1 rings (SSSR count). The van der Waals surface area contributed by atoms with Gasteiger partial charge in [-0.25, -0.2) is 0 Å². The first-order chi connectivity index (χ1) is 4.83. The molecule has 3 heteroatoms. The molecule has 3 nitrogen and oxygen atoms in total. The van der Waals surface area contributed by atoms with Crippen molar-refractivity contribution in [3.8, 4) is 6.07 Å². The van der Waals surface area contributed by atoms with Gasteiger partial charge < -0.3 is 0 Å². The van der Waals surface area contributed by atoms with Gasteiger partial charge in [0.05, 0.1) is 0 Å². The fourth-order valence-corrected chi connectivity index (χ4v) is 0.698. The Balaban J connectivity index is 2.90. The van der Waals surface area contributed by atoms with E-state index < -0.39 is 0 Å². The Morgan fingerprint density at radius 3 is 3.30 bits per heavy atom. The largest absolute Gasteiger partial charge is 0.195 e. The molecule has 10 heavy (non-hydrogen) atoms. The fourth-order valence-electron chi connectivity index (χ4n) is 0.698. The Kier molecular flexibility index (Phi) is 1.96. The van der Waals surface area contributed by atoms with E-state index in [0.717, 1.165) is 0 Å². The Hall–Kier alpha value is -1.43. The molecule has 0 aromatic carbocycles. The summed E-state index contributed by atoms with van der Waals surface area (Å²) < 4.78 is 1.63. The van der Waals surface area contributed by atoms with Gasteiger partial charge in [-0.1, -0.05) is 10.8 Å². The van der Waals surface area contributed by atoms with Gasteiger partial charge in [0.2, 0.25) is 0 Å². The molecular weight excluding hydrogens is 126 g/mol. The Bertz CT molecular complexity index is 253. The summed E-state index contributed by atoms with van der Waals surface area (Å²) in [5.74, 6) is 0. The highest BCUT2D eigenvalue weighted by Gasteiger charge is 2.01. The zero-order valence-electron chi connectivity index (χ0n) is 5.78. The molecule has 0 radical (unpaired) electrons. The number of nitriles is 1. The summed E-state index contributed by atoms with van der Waals surface area (Å²) in [4.78, 5) is 0. The van der Waals surface area contributed by atoms with Gasteiger partial charge in [0.15, 0.2) is 19.0 Å². The highest BCUT2D eigenvalue weighted by Crippen LogP contribution is 1.91. The van der Waals surface area contributed by atoms with Gasteiger partial charge in [-0.2, -0.15) is 5.26 Å². The van der Waals surface area contributed by atoms with Crippen LogP contribution < -0.4 is 0 Å². The van der Waals surface area contributed by atoms with E-state index in [1.165, 1.54) is 0 Å². The lowest BCUT2D eigenvalue weighted by molar-refractivity contribution is -0.496. The van der Waals surface area contributed by atoms with E-state index in [2.05, 4.69) is 5.10 Å². The number of rotatable bonds is 0. The molecule has 0 N–H and O–H groups in total. The fraction of sp³-hybridized carbons (Fsp3) is 0.286. The van der Waals surface area contributed by atoms with E-state index in [9.17, 15) is 0 Å². The summed E-state index contributed by atoms with van der Waals surface area (Å²) >= 11 is 0. The number of allylic oxidation sites excluding steroid dienone is 2. The number of hydrogen-bond acceptors (Lipinski definition) is 2. The highest BCUT2D eigenvalue weighted by atomic mass is 15.3. The van der Waals surface area contributed by atoms with Crippen molar-refractivity contribution >= 4 is 11.9 Å². The number of nitrogens with zero attached hydrogens (tertiary/aromatic N) is 3. The van der Waals surface area contributed by atoms with E-state index >= 15 is 0 Å². The summed E-state index contributed by atoms with van der Waals surface area (Å²) in [6.07, 6.45) is 6.24. The molecule has 0 amide bonds. The van der Waals surface area contributed by atoms with Crippen LogP contribution in [-0.2, 0) is 0 Å². The molecule has 0 aromatic rings. The predicted molar refractivity (Wildman–Crippen MR) is 39.1 cm³/mol. The minimum atomic E-state index is 0.549. The third-order valence-electron chi connectivity index (χ3n) is 1.16. The second kappa shape index (κ2) is 2.92. The van der Waals surface area contributed by atoms with Crippen molar-refractivity contribution in [2.24, 2.45) is 5.10 Å². The SMILES string of the molecule is C[N+]1=CC=CCC(C#N)=N1. The standard InChI is InChI=1S/C7H8N3/c1-10-5-3-2-4-7(6-8)9-10/h2-3,5H,4H2,1H3/q+1. The van der Waals surface area contributed by atoms with Crippen molar-refractivity contribution < 1.29 is 4.68 Å². The zero-order valence-corrected chi connectivity index (χ0v) is 5.78. The highest BCUT2D eigenvalue weighted by molar-refractivity contribution is 5.99. The maximum atomic E-state index is 8.48. The van der Waals surface area contributed by atoms with Gasteiger partial charge in [0.1, 0.15) is 6.07 Å². The summed E-state index contributed by atoms with van der Waals surface area (Å²) in [7, 11) is 1.80. The molecule has 0 saturated carbocycles. The van der Waals surface area contributed by atoms with Crippen molar-refractivity contribution in [1.29, 1.82) is 5.26 Å². The minimum Gasteiger partial charge on any atom is -0.191 e. The second-order valence-electron chi connectivity index (χ2n) is 2.01. The summed E-state index contributed by atoms with van der Waals surface area (Å²) in [6.45, 7) is 0. The van der Waals surface area contributed by atoms with Crippen molar-refractivity contribution in [2.45, 2.75) is 6.42 Å². The summed E-state index contributed by atoms with van der Waals surface area (Å²) in [5.41, 5.74) is 0.549. The third kappa shape index (κ3) is 1.52. The number of hydrazone groups is 1. The summed E-state index contributed by atoms with van der Waals surface area (Å²) in [6, 6.07) is 2.01. The van der Waals surface area contributed by atoms with E-state index in [-0.39, 0.29) is 0 Å². The van der Waals surface area contributed by atoms with E-state index in [0.29, 0.717) is 12.1 Å². The molecule has 0 atom stereocenters. The molecule has 0 spiro atoms. The van der Waals surface area contributed by atoms with E-state index in [4.69, 9.17) is 5.26 Å². The van der Waals surface area contributed by atoms with Gasteiger partial charge in [-0.05, 0) is 0 Å². The van der Waals surface area contributed by atoms with Crippen LogP contribution in [0.2, 0.25) is 0 Å². The van der Waals surface area contributed by atoms with Crippen LogP contribution in [0.25, 0.3) is 0 Å². The maximum absolute atomic E-state index is 8.48. The van der Waals surface area contributed by atoms with Crippen molar-refractivity contribution in [2.75, 3.05) is 7.05 Å². The van der Waals surface area contributed by atoms with Gasteiger partial charge in [0, 0.05) is 17.6 Å². The van der Waals surface area contributed by atoms with Crippen LogP contribution in [0, 0.1) is 11.3 Å². The normalized spacial score (nSPS) is 16.8. The Morgan fingerprint density at radius 1 is 1.80 bits per heavy atom. The lowest BCUT2D eigenvalue weighted by Crippen LogP contribution is -2.00. The molecule has 0 fully saturated rings. The monoisotopic (exact) mass is 134 g/mol. The van der Waals surface area contributed by atoms with E-state index in [1.54, 1.807) is 11.7 Å². The minimum absolute atomic E-state index is 0.549. The molecule has 1 aliphatic heterocycles. The second-order valence-corrected chi connectivity index (χ2v) is 2.01. The molecular formula is C7H8N3+. The van der Waals surface area contributed by atoms with Crippen molar-refractivity contribution in [1.82, 2.24) is 0 Å². The maximum Gasteiger partial charge on any atom is 0.195 e. The molecule has 0 unspecified atom stereocenters. The first-order valence-corrected chi connectivity index (χ1v) is 3.03.